The lowest BCUT2D eigenvalue weighted by atomic mass is 9.95. The van der Waals surface area contributed by atoms with Crippen molar-refractivity contribution in [3.05, 3.63) is 23.2 Å². The fourth-order valence-electron chi connectivity index (χ4n) is 2.38. The van der Waals surface area contributed by atoms with Gasteiger partial charge < -0.3 is 9.30 Å². The number of pyridine rings is 1. The Morgan fingerprint density at radius 2 is 2.18 bits per heavy atom. The summed E-state index contributed by atoms with van der Waals surface area (Å²) in [5.41, 5.74) is 3.05. The number of hydrogen-bond donors (Lipinski definition) is 0. The van der Waals surface area contributed by atoms with E-state index in [0.29, 0.717) is 11.1 Å². The normalized spacial score (nSPS) is 17.8. The standard InChI is InChI=1S/C12H14ClN3O/c1-16-7-14-12-9(16)6-10(13)15-11(12)8-2-4-17-5-3-8/h6-8H,2-5H2,1H3. The fraction of sp³-hybridized carbons (Fsp3) is 0.500. The van der Waals surface area contributed by atoms with Crippen molar-refractivity contribution in [2.24, 2.45) is 7.05 Å². The number of nitrogens with zero attached hydrogens (tertiary/aromatic N) is 3. The summed E-state index contributed by atoms with van der Waals surface area (Å²) in [5.74, 6) is 0.417. The summed E-state index contributed by atoms with van der Waals surface area (Å²) in [7, 11) is 1.97. The third-order valence-corrected chi connectivity index (χ3v) is 3.51. The molecule has 1 aliphatic heterocycles. The van der Waals surface area contributed by atoms with Gasteiger partial charge in [-0.05, 0) is 12.8 Å². The highest BCUT2D eigenvalue weighted by atomic mass is 35.5. The van der Waals surface area contributed by atoms with E-state index in [1.54, 1.807) is 0 Å². The largest absolute Gasteiger partial charge is 0.381 e. The van der Waals surface area contributed by atoms with Gasteiger partial charge >= 0.3 is 0 Å². The molecule has 4 nitrogen and oxygen atoms in total. The molecule has 3 rings (SSSR count). The SMILES string of the molecule is Cn1cnc2c(C3CCOCC3)nc(Cl)cc21. The Hall–Kier alpha value is -1.13. The van der Waals surface area contributed by atoms with Gasteiger partial charge in [0.15, 0.2) is 0 Å². The summed E-state index contributed by atoms with van der Waals surface area (Å²) in [5, 5.41) is 0.544. The van der Waals surface area contributed by atoms with Crippen LogP contribution in [0.2, 0.25) is 5.15 Å². The lowest BCUT2D eigenvalue weighted by Crippen LogP contribution is -2.15. The summed E-state index contributed by atoms with van der Waals surface area (Å²) in [6.07, 6.45) is 3.81. The molecule has 90 valence electrons. The van der Waals surface area contributed by atoms with Crippen molar-refractivity contribution >= 4 is 22.6 Å². The average molecular weight is 252 g/mol. The van der Waals surface area contributed by atoms with Gasteiger partial charge in [0.25, 0.3) is 0 Å². The van der Waals surface area contributed by atoms with Crippen molar-refractivity contribution < 1.29 is 4.74 Å². The second-order valence-corrected chi connectivity index (χ2v) is 4.83. The van der Waals surface area contributed by atoms with E-state index in [1.807, 2.05) is 24.0 Å². The Balaban J connectivity index is 2.13. The molecule has 17 heavy (non-hydrogen) atoms. The first-order valence-electron chi connectivity index (χ1n) is 5.81. The molecule has 0 spiro atoms. The van der Waals surface area contributed by atoms with E-state index in [2.05, 4.69) is 9.97 Å². The van der Waals surface area contributed by atoms with Crippen LogP contribution in [0.4, 0.5) is 0 Å². The van der Waals surface area contributed by atoms with Crippen LogP contribution in [-0.2, 0) is 11.8 Å². The molecule has 0 N–H and O–H groups in total. The minimum absolute atomic E-state index is 0.417. The molecular formula is C12H14ClN3O. The van der Waals surface area contributed by atoms with E-state index in [9.17, 15) is 0 Å². The summed E-state index contributed by atoms with van der Waals surface area (Å²) in [4.78, 5) is 8.91. The molecule has 0 atom stereocenters. The van der Waals surface area contributed by atoms with E-state index in [1.165, 1.54) is 0 Å². The van der Waals surface area contributed by atoms with Crippen molar-refractivity contribution in [1.82, 2.24) is 14.5 Å². The summed E-state index contributed by atoms with van der Waals surface area (Å²) in [6, 6.07) is 1.87. The van der Waals surface area contributed by atoms with Gasteiger partial charge in [0, 0.05) is 32.2 Å². The monoisotopic (exact) mass is 251 g/mol. The van der Waals surface area contributed by atoms with Gasteiger partial charge in [-0.25, -0.2) is 9.97 Å². The third-order valence-electron chi connectivity index (χ3n) is 3.32. The average Bonchev–Trinajstić information content (AvgIpc) is 2.72. The minimum Gasteiger partial charge on any atom is -0.381 e. The Bertz CT molecular complexity index is 546. The molecular weight excluding hydrogens is 238 g/mol. The van der Waals surface area contributed by atoms with Crippen molar-refractivity contribution in [1.29, 1.82) is 0 Å². The molecule has 0 amide bonds. The molecule has 1 saturated heterocycles. The quantitative estimate of drug-likeness (QED) is 0.731. The number of halogens is 1. The number of hydrogen-bond acceptors (Lipinski definition) is 3. The molecule has 2 aromatic heterocycles. The molecule has 0 aliphatic carbocycles. The van der Waals surface area contributed by atoms with E-state index in [0.717, 1.165) is 42.8 Å². The van der Waals surface area contributed by atoms with Gasteiger partial charge in [-0.2, -0.15) is 0 Å². The molecule has 3 heterocycles. The summed E-state index contributed by atoms with van der Waals surface area (Å²) < 4.78 is 7.36. The van der Waals surface area contributed by atoms with Gasteiger partial charge in [-0.1, -0.05) is 11.6 Å². The first-order chi connectivity index (χ1) is 8.25. The van der Waals surface area contributed by atoms with Crippen LogP contribution < -0.4 is 0 Å². The molecule has 2 aromatic rings. The molecule has 0 saturated carbocycles. The lowest BCUT2D eigenvalue weighted by molar-refractivity contribution is 0.0848. The molecule has 5 heteroatoms. The van der Waals surface area contributed by atoms with E-state index >= 15 is 0 Å². The highest BCUT2D eigenvalue weighted by Gasteiger charge is 2.21. The molecule has 1 aliphatic rings. The number of aryl methyl sites for hydroxylation is 1. The van der Waals surface area contributed by atoms with E-state index < -0.39 is 0 Å². The van der Waals surface area contributed by atoms with Gasteiger partial charge in [-0.3, -0.25) is 0 Å². The van der Waals surface area contributed by atoms with Crippen LogP contribution in [0, 0.1) is 0 Å². The van der Waals surface area contributed by atoms with E-state index in [-0.39, 0.29) is 0 Å². The molecule has 1 fully saturated rings. The first-order valence-corrected chi connectivity index (χ1v) is 6.18. The summed E-state index contributed by atoms with van der Waals surface area (Å²) in [6.45, 7) is 1.60. The number of aromatic nitrogens is 3. The van der Waals surface area contributed by atoms with E-state index in [4.69, 9.17) is 16.3 Å². The number of fused-ring (bicyclic) bond motifs is 1. The Kier molecular flexibility index (Phi) is 2.76. The molecule has 0 unspecified atom stereocenters. The van der Waals surface area contributed by atoms with Crippen LogP contribution in [-0.4, -0.2) is 27.7 Å². The first kappa shape index (κ1) is 11.0. The topological polar surface area (TPSA) is 39.9 Å². The zero-order valence-corrected chi connectivity index (χ0v) is 10.4. The highest BCUT2D eigenvalue weighted by molar-refractivity contribution is 6.30. The summed E-state index contributed by atoms with van der Waals surface area (Å²) >= 11 is 6.09. The van der Waals surface area contributed by atoms with Crippen LogP contribution in [0.3, 0.4) is 0 Å². The molecule has 0 radical (unpaired) electrons. The zero-order chi connectivity index (χ0) is 11.8. The maximum atomic E-state index is 6.09. The Morgan fingerprint density at radius 1 is 1.41 bits per heavy atom. The second kappa shape index (κ2) is 4.27. The van der Waals surface area contributed by atoms with Crippen LogP contribution in [0.5, 0.6) is 0 Å². The predicted molar refractivity (Wildman–Crippen MR) is 66.3 cm³/mol. The Morgan fingerprint density at radius 3 is 2.94 bits per heavy atom. The van der Waals surface area contributed by atoms with Gasteiger partial charge in [0.2, 0.25) is 0 Å². The molecule has 0 bridgehead atoms. The molecule has 0 aromatic carbocycles. The van der Waals surface area contributed by atoms with Crippen LogP contribution in [0.1, 0.15) is 24.5 Å². The maximum absolute atomic E-state index is 6.09. The smallest absolute Gasteiger partial charge is 0.131 e. The van der Waals surface area contributed by atoms with Crippen molar-refractivity contribution in [2.75, 3.05) is 13.2 Å². The minimum atomic E-state index is 0.417. The number of imidazole rings is 1. The highest BCUT2D eigenvalue weighted by Crippen LogP contribution is 2.31. The lowest BCUT2D eigenvalue weighted by Gasteiger charge is -2.21. The number of ether oxygens (including phenoxy) is 1. The van der Waals surface area contributed by atoms with Crippen LogP contribution >= 0.6 is 11.6 Å². The fourth-order valence-corrected chi connectivity index (χ4v) is 2.57. The predicted octanol–water partition coefficient (Wildman–Crippen LogP) is 2.52. The second-order valence-electron chi connectivity index (χ2n) is 4.44. The third kappa shape index (κ3) is 1.91. The van der Waals surface area contributed by atoms with Gasteiger partial charge in [0.05, 0.1) is 17.5 Å². The van der Waals surface area contributed by atoms with Crippen LogP contribution in [0.25, 0.3) is 11.0 Å². The van der Waals surface area contributed by atoms with Crippen molar-refractivity contribution in [3.63, 3.8) is 0 Å². The number of rotatable bonds is 1. The van der Waals surface area contributed by atoms with Crippen molar-refractivity contribution in [3.8, 4) is 0 Å². The zero-order valence-electron chi connectivity index (χ0n) is 9.69. The van der Waals surface area contributed by atoms with Gasteiger partial charge in [-0.15, -0.1) is 0 Å². The van der Waals surface area contributed by atoms with Crippen LogP contribution in [0.15, 0.2) is 12.4 Å². The maximum Gasteiger partial charge on any atom is 0.131 e. The van der Waals surface area contributed by atoms with Crippen molar-refractivity contribution in [2.45, 2.75) is 18.8 Å². The van der Waals surface area contributed by atoms with Gasteiger partial charge in [0.1, 0.15) is 10.7 Å². The Labute approximate surface area is 105 Å².